The first kappa shape index (κ1) is 41.6. The molecule has 0 atom stereocenters. The summed E-state index contributed by atoms with van der Waals surface area (Å²) in [5, 5.41) is 5.64. The van der Waals surface area contributed by atoms with Crippen molar-refractivity contribution in [2.45, 2.75) is 19.3 Å². The van der Waals surface area contributed by atoms with Crippen molar-refractivity contribution < 1.29 is 77.7 Å². The summed E-state index contributed by atoms with van der Waals surface area (Å²) in [6.07, 6.45) is 0. The van der Waals surface area contributed by atoms with Crippen LogP contribution in [-0.2, 0) is 5.41 Å². The van der Waals surface area contributed by atoms with E-state index in [0.717, 1.165) is 48.5 Å². The van der Waals surface area contributed by atoms with E-state index in [1.54, 1.807) is 68.4 Å². The molecule has 3 nitrogen and oxygen atoms in total. The van der Waals surface area contributed by atoms with Crippen molar-refractivity contribution in [3.05, 3.63) is 459 Å². The maximum atomic E-state index is 9.56. The van der Waals surface area contributed by atoms with E-state index in [9.17, 15) is 24.7 Å². The lowest BCUT2D eigenvalue weighted by molar-refractivity contribution is 0.660. The van der Waals surface area contributed by atoms with E-state index in [0.29, 0.717) is 60.8 Å². The fourth-order valence-electron chi connectivity index (χ4n) is 19.0. The van der Waals surface area contributed by atoms with Crippen molar-refractivity contribution in [3.8, 4) is 89.0 Å². The summed E-state index contributed by atoms with van der Waals surface area (Å²) in [4.78, 5) is 0. The van der Waals surface area contributed by atoms with Gasteiger partial charge >= 0.3 is 0 Å². The molecule has 0 saturated carbocycles. The van der Waals surface area contributed by atoms with Gasteiger partial charge < -0.3 is 13.3 Å². The lowest BCUT2D eigenvalue weighted by atomic mass is 9.80. The molecule has 0 bridgehead atoms. The maximum absolute atomic E-state index is 9.56. The van der Waals surface area contributed by atoms with E-state index in [2.05, 4.69) is 0 Å². The standard InChI is InChI=1S/C45H30O.C42H26O.C40H24O/c1-45(2)37-20-10-9-18-34(37)43-35(19-11-21-38(43)45)42-32-16-7-5-14-30(32)41(31-15-6-8-17-33(31)42)28-23-24-39-36(26-28)44-29-13-4-3-12-27(29)22-25-40(44)46-39;1-2-12-27(13-3-1)30-15-6-7-17-32(30)41-35-20-10-8-18-33(35)40(34-19-9-11-21-36(34)41)29-23-24-38-37(26-29)42-31-16-5-4-14-28(31)22-25-39(42)43-38;1-2-11-27-23-28(18-17-25(27)9-1)38-31-13-5-7-15-33(31)39(34-16-8-6-14-32(34)38)29-20-21-36-35(24-29)40-30-12-4-3-10-26(30)19-22-37(40)41-36/h3-26H,1-2H3;1-26H;1-24H/i5D,6D,7D,8D,9D,10D,11D,14D,15D,16D,17D,18D,19D,20D,21D;1D,2D,3D,6D,7D,8D,9D,10D,11D,12D,13D,15D,17D,18D,19D,20D,21D;1D,2D,5D,6D,7D,8D,9D,11D,13D,14D,15D,16D,17D,18D,23D. The molecule has 3 aromatic heterocycles. The Bertz CT molecular complexity index is 12200. The second-order valence-corrected chi connectivity index (χ2v) is 31.8. The molecule has 28 rings (SSSR count). The molecule has 0 N–H and O–H groups in total. The molecular formula is C127H80O3. The number of hydrogen-bond donors (Lipinski definition) is 0. The van der Waals surface area contributed by atoms with E-state index in [1.165, 1.54) is 0 Å². The van der Waals surface area contributed by atoms with Gasteiger partial charge in [-0.15, -0.1) is 0 Å². The molecule has 606 valence electrons. The van der Waals surface area contributed by atoms with Crippen molar-refractivity contribution in [1.82, 2.24) is 0 Å². The number of fused-ring (bicyclic) bond motifs is 25. The van der Waals surface area contributed by atoms with Gasteiger partial charge in [0.2, 0.25) is 0 Å². The van der Waals surface area contributed by atoms with Crippen LogP contribution in [0.25, 0.3) is 263 Å². The monoisotopic (exact) mass is 1700 g/mol. The second kappa shape index (κ2) is 29.7. The highest BCUT2D eigenvalue weighted by Gasteiger charge is 2.38. The fourth-order valence-corrected chi connectivity index (χ4v) is 19.0. The van der Waals surface area contributed by atoms with E-state index >= 15 is 0 Å². The van der Waals surface area contributed by atoms with Crippen molar-refractivity contribution >= 4 is 174 Å². The zero-order chi connectivity index (χ0) is 127. The molecule has 27 aromatic rings. The number of hydrogen-bond acceptors (Lipinski definition) is 3. The summed E-state index contributed by atoms with van der Waals surface area (Å²) in [5.41, 5.74) is -0.907. The van der Waals surface area contributed by atoms with Gasteiger partial charge in [-0.05, 0) is 269 Å². The minimum absolute atomic E-state index is 0.0288. The molecule has 130 heavy (non-hydrogen) atoms. The average Bonchev–Trinajstić information content (AvgIpc) is 1.59. The van der Waals surface area contributed by atoms with Gasteiger partial charge in [0.15, 0.2) is 0 Å². The van der Waals surface area contributed by atoms with Crippen LogP contribution in [0.3, 0.4) is 0 Å². The van der Waals surface area contributed by atoms with E-state index in [4.69, 9.17) is 53.0 Å². The predicted molar refractivity (Wildman–Crippen MR) is 552 cm³/mol. The van der Waals surface area contributed by atoms with Crippen LogP contribution in [0.1, 0.15) is 89.4 Å². The van der Waals surface area contributed by atoms with Crippen molar-refractivity contribution in [3.63, 3.8) is 0 Å². The number of rotatable bonds is 7. The minimum atomic E-state index is -1.35. The smallest absolute Gasteiger partial charge is 0.136 e. The molecule has 3 heteroatoms. The number of benzene rings is 24. The van der Waals surface area contributed by atoms with Crippen LogP contribution in [0.5, 0.6) is 0 Å². The Morgan fingerprint density at radius 3 is 0.923 bits per heavy atom. The van der Waals surface area contributed by atoms with Gasteiger partial charge in [0.05, 0.1) is 64.4 Å². The molecule has 0 saturated heterocycles. The SMILES string of the molecule is [2H]c1c([2H])c([2H])c(-c2c([2H])c([2H])c([2H])c([2H])c2-c2c3c([2H])c([2H])c([2H])c([2H])c3c(-c3ccc4oc5ccc6ccccc6c5c4c3)c3c([2H])c([2H])c([2H])c([2H])c23)c([2H])c1[2H].[2H]c1c([2H])c([2H])c2c([2H])c(-c3c4c([2H])c([2H])c([2H])c([2H])c4c(-c4ccc5oc6ccc7ccccc7c6c5c4)c4c([2H])c([2H])c([2H])c([2H])c34)c([2H])c([2H])c2c1[2H].[2H]c1c([2H])c([2H])c2c(c1[2H])-c1c(-c3c4c([2H])c([2H])c([2H])c([2H])c4c(-c4ccc5oc6ccc7ccccc7c6c5c4)c4c([2H])c([2H])c([2H])c([2H])c34)c([2H])c([2H])c([2H])c1C2(C)C. The summed E-state index contributed by atoms with van der Waals surface area (Å²) in [6, 6.07) is 17.6. The van der Waals surface area contributed by atoms with Crippen molar-refractivity contribution in [2.75, 3.05) is 0 Å². The Balaban J connectivity index is 0.000000128. The Labute approximate surface area is 815 Å². The molecule has 0 fully saturated rings. The Kier molecular flexibility index (Phi) is 9.51. The predicted octanol–water partition coefficient (Wildman–Crippen LogP) is 36.3. The quantitative estimate of drug-likeness (QED) is 0.149. The van der Waals surface area contributed by atoms with Crippen LogP contribution >= 0.6 is 0 Å². The van der Waals surface area contributed by atoms with Crippen LogP contribution in [0, 0.1) is 0 Å². The molecule has 24 aromatic carbocycles. The lowest BCUT2D eigenvalue weighted by Gasteiger charge is -2.22. The third-order valence-corrected chi connectivity index (χ3v) is 24.6. The largest absolute Gasteiger partial charge is 0.456 e. The second-order valence-electron chi connectivity index (χ2n) is 31.8. The Morgan fingerprint density at radius 1 is 0.185 bits per heavy atom. The zero-order valence-electron chi connectivity index (χ0n) is 115. The first-order valence-corrected chi connectivity index (χ1v) is 41.2. The third-order valence-electron chi connectivity index (χ3n) is 24.6. The Morgan fingerprint density at radius 2 is 0.500 bits per heavy atom. The average molecular weight is 1700 g/mol. The van der Waals surface area contributed by atoms with Gasteiger partial charge in [-0.1, -0.05) is 401 Å². The van der Waals surface area contributed by atoms with E-state index in [-0.39, 0.29) is 115 Å². The molecule has 0 unspecified atom stereocenters. The van der Waals surface area contributed by atoms with Gasteiger partial charge in [-0.25, -0.2) is 0 Å². The van der Waals surface area contributed by atoms with Crippen LogP contribution in [0.15, 0.2) is 461 Å². The summed E-state index contributed by atoms with van der Waals surface area (Å²) >= 11 is 0. The minimum Gasteiger partial charge on any atom is -0.456 e. The van der Waals surface area contributed by atoms with Crippen LogP contribution in [0.4, 0.5) is 0 Å². The van der Waals surface area contributed by atoms with Gasteiger partial charge in [-0.3, -0.25) is 0 Å². The highest BCUT2D eigenvalue weighted by molar-refractivity contribution is 6.29. The first-order valence-electron chi connectivity index (χ1n) is 64.7. The lowest BCUT2D eigenvalue weighted by Crippen LogP contribution is -2.14. The zero-order valence-corrected chi connectivity index (χ0v) is 67.8. The maximum Gasteiger partial charge on any atom is 0.136 e. The van der Waals surface area contributed by atoms with Crippen molar-refractivity contribution in [2.24, 2.45) is 0 Å². The van der Waals surface area contributed by atoms with Crippen LogP contribution in [0.2, 0.25) is 0 Å². The van der Waals surface area contributed by atoms with Gasteiger partial charge in [0, 0.05) is 37.7 Å². The number of furan rings is 3. The molecule has 0 radical (unpaired) electrons. The molecule has 1 aliphatic carbocycles. The highest BCUT2D eigenvalue weighted by atomic mass is 16.3. The van der Waals surface area contributed by atoms with Gasteiger partial charge in [0.25, 0.3) is 0 Å². The van der Waals surface area contributed by atoms with Crippen molar-refractivity contribution in [1.29, 1.82) is 0 Å². The summed E-state index contributed by atoms with van der Waals surface area (Å²) in [6.45, 7) is 3.28. The molecule has 0 aliphatic heterocycles. The Hall–Kier alpha value is -16.7. The normalized spacial score (nSPS) is 17.5. The van der Waals surface area contributed by atoms with E-state index < -0.39 is 339 Å². The fraction of sp³-hybridized carbons (Fsp3) is 0.0236. The van der Waals surface area contributed by atoms with Crippen LogP contribution < -0.4 is 0 Å². The summed E-state index contributed by atoms with van der Waals surface area (Å²) in [5.74, 6) is 0. The highest BCUT2D eigenvalue weighted by Crippen LogP contribution is 2.57. The molecule has 0 spiro atoms. The summed E-state index contributed by atoms with van der Waals surface area (Å²) in [7, 11) is 0. The first-order chi connectivity index (χ1) is 83.8. The van der Waals surface area contributed by atoms with Gasteiger partial charge in [0.1, 0.15) is 33.5 Å². The van der Waals surface area contributed by atoms with E-state index in [1.807, 2.05) is 109 Å². The molecule has 1 aliphatic rings. The van der Waals surface area contributed by atoms with Crippen LogP contribution in [-0.4, -0.2) is 0 Å². The molecule has 3 heterocycles. The third kappa shape index (κ3) is 11.7. The van der Waals surface area contributed by atoms with Gasteiger partial charge in [-0.2, -0.15) is 0 Å². The molecule has 0 amide bonds. The molecular weight excluding hydrogens is 1570 g/mol. The topological polar surface area (TPSA) is 39.4 Å². The summed E-state index contributed by atoms with van der Waals surface area (Å²) < 4.78 is 441.